The van der Waals surface area contributed by atoms with E-state index < -0.39 is 6.10 Å². The summed E-state index contributed by atoms with van der Waals surface area (Å²) in [6, 6.07) is 0.204. The van der Waals surface area contributed by atoms with Gasteiger partial charge >= 0.3 is 6.09 Å². The number of likely N-dealkylation sites (N-methyl/N-ethyl adjacent to an activating group) is 1. The van der Waals surface area contributed by atoms with Crippen molar-refractivity contribution in [2.45, 2.75) is 102 Å². The number of hydrogen-bond acceptors (Lipinski definition) is 6. The summed E-state index contributed by atoms with van der Waals surface area (Å²) in [5.41, 5.74) is 1.19. The first-order valence-corrected chi connectivity index (χ1v) is 14.8. The van der Waals surface area contributed by atoms with Crippen molar-refractivity contribution in [1.29, 1.82) is 0 Å². The van der Waals surface area contributed by atoms with Crippen LogP contribution in [0.4, 0.5) is 4.79 Å². The van der Waals surface area contributed by atoms with Crippen molar-refractivity contribution in [1.82, 2.24) is 15.1 Å². The van der Waals surface area contributed by atoms with E-state index in [1.54, 1.807) is 17.9 Å². The molecule has 0 aromatic rings. The molecule has 0 aromatic carbocycles. The van der Waals surface area contributed by atoms with E-state index in [-0.39, 0.29) is 35.3 Å². The van der Waals surface area contributed by atoms with Gasteiger partial charge in [-0.15, -0.1) is 0 Å². The number of piperazine rings is 1. The van der Waals surface area contributed by atoms with Crippen molar-refractivity contribution >= 4 is 12.0 Å². The molecule has 0 unspecified atom stereocenters. The molecule has 3 aliphatic heterocycles. The molecule has 3 heterocycles. The Morgan fingerprint density at radius 1 is 1.10 bits per heavy atom. The highest BCUT2D eigenvalue weighted by molar-refractivity contribution is 5.87. The fraction of sp³-hybridized carbons (Fsp3) is 0.742. The monoisotopic (exact) mass is 543 g/mol. The third kappa shape index (κ3) is 9.47. The van der Waals surface area contributed by atoms with Crippen molar-refractivity contribution < 1.29 is 23.8 Å². The van der Waals surface area contributed by atoms with E-state index in [1.807, 2.05) is 7.05 Å². The lowest BCUT2D eigenvalue weighted by atomic mass is 9.83. The summed E-state index contributed by atoms with van der Waals surface area (Å²) >= 11 is 0. The smallest absolute Gasteiger partial charge is 0.410 e. The number of carbonyl (C=O) groups is 2. The molecule has 0 bridgehead atoms. The van der Waals surface area contributed by atoms with E-state index in [9.17, 15) is 9.59 Å². The van der Waals surface area contributed by atoms with Crippen molar-refractivity contribution in [3.05, 3.63) is 36.0 Å². The van der Waals surface area contributed by atoms with Gasteiger partial charge in [-0.3, -0.25) is 4.79 Å². The number of allylic oxidation sites excluding steroid dienone is 3. The molecule has 4 fully saturated rings. The molecule has 1 N–H and O–H groups in total. The van der Waals surface area contributed by atoms with Crippen molar-refractivity contribution in [2.75, 3.05) is 39.8 Å². The number of nitrogens with zero attached hydrogens (tertiary/aromatic N) is 2. The van der Waals surface area contributed by atoms with Gasteiger partial charge in [0.1, 0.15) is 6.10 Å². The van der Waals surface area contributed by atoms with Crippen LogP contribution in [0.2, 0.25) is 0 Å². The van der Waals surface area contributed by atoms with Crippen LogP contribution in [-0.2, 0) is 19.0 Å². The molecule has 8 heteroatoms. The van der Waals surface area contributed by atoms with Gasteiger partial charge < -0.3 is 29.3 Å². The van der Waals surface area contributed by atoms with Gasteiger partial charge in [-0.25, -0.2) is 4.79 Å². The number of epoxide rings is 1. The van der Waals surface area contributed by atoms with Crippen molar-refractivity contribution in [3.8, 4) is 0 Å². The Hall–Kier alpha value is -2.16. The summed E-state index contributed by atoms with van der Waals surface area (Å²) in [6.07, 6.45) is 16.5. The van der Waals surface area contributed by atoms with Gasteiger partial charge in [0, 0.05) is 51.1 Å². The molecule has 3 saturated heterocycles. The Labute approximate surface area is 234 Å². The summed E-state index contributed by atoms with van der Waals surface area (Å²) in [4.78, 5) is 28.6. The zero-order valence-corrected chi connectivity index (χ0v) is 24.6. The minimum atomic E-state index is -0.443. The summed E-state index contributed by atoms with van der Waals surface area (Å²) < 4.78 is 17.5. The quantitative estimate of drug-likeness (QED) is 0.274. The van der Waals surface area contributed by atoms with Gasteiger partial charge in [-0.2, -0.15) is 0 Å². The molecular formula is C31H49N3O5. The lowest BCUT2D eigenvalue weighted by Crippen LogP contribution is -2.47. The number of rotatable bonds is 8. The Bertz CT molecular complexity index is 932. The molecule has 2 amide bonds. The third-order valence-electron chi connectivity index (χ3n) is 8.45. The highest BCUT2D eigenvalue weighted by atomic mass is 16.6. The van der Waals surface area contributed by atoms with Crippen LogP contribution in [0.5, 0.6) is 0 Å². The average molecular weight is 544 g/mol. The minimum Gasteiger partial charge on any atom is -0.442 e. The predicted molar refractivity (Wildman–Crippen MR) is 152 cm³/mol. The fourth-order valence-electron chi connectivity index (χ4n) is 6.09. The van der Waals surface area contributed by atoms with Crippen LogP contribution in [0, 0.1) is 5.92 Å². The Morgan fingerprint density at radius 2 is 1.79 bits per heavy atom. The zero-order valence-electron chi connectivity index (χ0n) is 24.6. The van der Waals surface area contributed by atoms with Crippen molar-refractivity contribution in [2.24, 2.45) is 5.92 Å². The van der Waals surface area contributed by atoms with Crippen molar-refractivity contribution in [3.63, 3.8) is 0 Å². The summed E-state index contributed by atoms with van der Waals surface area (Å²) in [6.45, 7) is 12.2. The molecule has 4 aliphatic rings. The molecule has 1 saturated carbocycles. The molecule has 8 nitrogen and oxygen atoms in total. The molecule has 1 aliphatic carbocycles. The third-order valence-corrected chi connectivity index (χ3v) is 8.45. The van der Waals surface area contributed by atoms with Gasteiger partial charge in [0.15, 0.2) is 0 Å². The Kier molecular flexibility index (Phi) is 9.94. The second-order valence-electron chi connectivity index (χ2n) is 12.8. The average Bonchev–Trinajstić information content (AvgIpc) is 3.62. The number of nitrogens with one attached hydrogen (secondary N) is 1. The van der Waals surface area contributed by atoms with Gasteiger partial charge in [-0.05, 0) is 78.8 Å². The van der Waals surface area contributed by atoms with Gasteiger partial charge in [0.2, 0.25) is 5.91 Å². The molecule has 4 rings (SSSR count). The number of amides is 2. The molecule has 218 valence electrons. The lowest BCUT2D eigenvalue weighted by molar-refractivity contribution is -0.117. The summed E-state index contributed by atoms with van der Waals surface area (Å²) in [7, 11) is 2.05. The van der Waals surface area contributed by atoms with Crippen LogP contribution in [0.15, 0.2) is 36.0 Å². The predicted octanol–water partition coefficient (Wildman–Crippen LogP) is 4.61. The van der Waals surface area contributed by atoms with Crippen LogP contribution >= 0.6 is 0 Å². The molecule has 0 aromatic heterocycles. The van der Waals surface area contributed by atoms with E-state index in [4.69, 9.17) is 14.2 Å². The van der Waals surface area contributed by atoms with E-state index in [1.165, 1.54) is 11.6 Å². The maximum absolute atomic E-state index is 12.4. The first-order valence-electron chi connectivity index (χ1n) is 14.8. The largest absolute Gasteiger partial charge is 0.442 e. The second kappa shape index (κ2) is 13.0. The van der Waals surface area contributed by atoms with Crippen LogP contribution in [0.25, 0.3) is 0 Å². The van der Waals surface area contributed by atoms with E-state index in [0.29, 0.717) is 19.0 Å². The highest BCUT2D eigenvalue weighted by Gasteiger charge is 2.53. The second-order valence-corrected chi connectivity index (χ2v) is 12.8. The molecule has 39 heavy (non-hydrogen) atoms. The standard InChI is InChI=1S/C31H49N3O5/c1-23(7-14-27-20-31(22-37-31)21-30(3,4)39-27)6-9-25-10-12-26(13-11-25)32-28(35)15-8-24(2)38-29(36)34-18-16-33(5)17-19-34/h6-8,14-15,24-27H,9-13,16-22H2,1-5H3,(H,32,35)/b14-7+,15-8-,23-6+/t24-,25-,26+,27+,31+/m0/s1. The van der Waals surface area contributed by atoms with E-state index >= 15 is 0 Å². The van der Waals surface area contributed by atoms with Gasteiger partial charge in [-0.1, -0.05) is 23.8 Å². The van der Waals surface area contributed by atoms with Gasteiger partial charge in [0.05, 0.1) is 23.9 Å². The van der Waals surface area contributed by atoms with E-state index in [2.05, 4.69) is 49.2 Å². The van der Waals surface area contributed by atoms with Crippen LogP contribution in [0.3, 0.4) is 0 Å². The molecule has 1 spiro atoms. The number of ether oxygens (including phenoxy) is 3. The highest BCUT2D eigenvalue weighted by Crippen LogP contribution is 2.46. The Morgan fingerprint density at radius 3 is 2.46 bits per heavy atom. The first kappa shape index (κ1) is 29.8. The zero-order chi connectivity index (χ0) is 28.0. The normalized spacial score (nSPS) is 32.5. The Balaban J connectivity index is 1.11. The lowest BCUT2D eigenvalue weighted by Gasteiger charge is -2.38. The van der Waals surface area contributed by atoms with Crippen LogP contribution < -0.4 is 5.32 Å². The minimum absolute atomic E-state index is 0.0495. The van der Waals surface area contributed by atoms with E-state index in [0.717, 1.165) is 64.6 Å². The number of carbonyl (C=O) groups excluding carboxylic acids is 2. The van der Waals surface area contributed by atoms with Crippen LogP contribution in [-0.4, -0.2) is 91.1 Å². The maximum Gasteiger partial charge on any atom is 0.410 e. The summed E-state index contributed by atoms with van der Waals surface area (Å²) in [5.74, 6) is 0.535. The molecule has 3 atom stereocenters. The SMILES string of the molecule is CC(/C=C/[C@@H]1C[C@]2(CO2)CC(C)(C)O1)=C\C[C@H]1CC[C@@H](NC(=O)/C=C\[C@H](C)OC(=O)N2CCN(C)CC2)CC1. The first-order chi connectivity index (χ1) is 18.5. The molecule has 0 radical (unpaired) electrons. The summed E-state index contributed by atoms with van der Waals surface area (Å²) in [5, 5.41) is 3.12. The maximum atomic E-state index is 12.4. The fourth-order valence-corrected chi connectivity index (χ4v) is 6.09. The topological polar surface area (TPSA) is 83.6 Å². The van der Waals surface area contributed by atoms with Crippen LogP contribution in [0.1, 0.15) is 72.6 Å². The molecular weight excluding hydrogens is 494 g/mol. The van der Waals surface area contributed by atoms with Gasteiger partial charge in [0.25, 0.3) is 0 Å². The number of hydrogen-bond donors (Lipinski definition) is 1.